The summed E-state index contributed by atoms with van der Waals surface area (Å²) in [7, 11) is 1.36. The summed E-state index contributed by atoms with van der Waals surface area (Å²) in [5.41, 5.74) is 0.846. The largest absolute Gasteiger partial charge is 0.491 e. The Morgan fingerprint density at radius 2 is 2.25 bits per heavy atom. The van der Waals surface area contributed by atoms with E-state index in [0.717, 1.165) is 5.56 Å². The Balaban J connectivity index is 2.30. The van der Waals surface area contributed by atoms with Gasteiger partial charge in [0.15, 0.2) is 0 Å². The molecule has 2 rings (SSSR count). The lowest BCUT2D eigenvalue weighted by atomic mass is 9.97. The number of hydrogen-bond donors (Lipinski definition) is 0. The quantitative estimate of drug-likeness (QED) is 0.729. The first-order valence-electron chi connectivity index (χ1n) is 4.80. The SMILES string of the molecule is COC(=O)C1COc2c(Cl)cc(Cl)cc2C1. The van der Waals surface area contributed by atoms with E-state index in [2.05, 4.69) is 4.74 Å². The highest BCUT2D eigenvalue weighted by molar-refractivity contribution is 6.35. The Morgan fingerprint density at radius 3 is 2.94 bits per heavy atom. The van der Waals surface area contributed by atoms with Crippen molar-refractivity contribution in [3.05, 3.63) is 27.7 Å². The molecule has 0 N–H and O–H groups in total. The molecule has 86 valence electrons. The topological polar surface area (TPSA) is 35.5 Å². The summed E-state index contributed by atoms with van der Waals surface area (Å²) in [5.74, 6) is 0.0556. The molecule has 0 saturated carbocycles. The van der Waals surface area contributed by atoms with Gasteiger partial charge in [-0.05, 0) is 24.1 Å². The first-order valence-corrected chi connectivity index (χ1v) is 5.56. The lowest BCUT2D eigenvalue weighted by molar-refractivity contribution is -0.146. The van der Waals surface area contributed by atoms with Crippen LogP contribution in [-0.4, -0.2) is 19.7 Å². The molecule has 0 aromatic heterocycles. The summed E-state index contributed by atoms with van der Waals surface area (Å²) in [5, 5.41) is 1.02. The molecule has 1 aliphatic heterocycles. The van der Waals surface area contributed by atoms with Gasteiger partial charge in [0.05, 0.1) is 18.1 Å². The van der Waals surface area contributed by atoms with Crippen molar-refractivity contribution in [1.82, 2.24) is 0 Å². The van der Waals surface area contributed by atoms with Crippen LogP contribution >= 0.6 is 23.2 Å². The van der Waals surface area contributed by atoms with Gasteiger partial charge in [0.1, 0.15) is 12.4 Å². The van der Waals surface area contributed by atoms with Gasteiger partial charge in [-0.15, -0.1) is 0 Å². The fourth-order valence-corrected chi connectivity index (χ4v) is 2.34. The first kappa shape index (κ1) is 11.6. The van der Waals surface area contributed by atoms with Crippen molar-refractivity contribution in [3.8, 4) is 5.75 Å². The minimum absolute atomic E-state index is 0.276. The number of rotatable bonds is 1. The zero-order valence-corrected chi connectivity index (χ0v) is 10.1. The van der Waals surface area contributed by atoms with Crippen LogP contribution in [0, 0.1) is 5.92 Å². The highest BCUT2D eigenvalue weighted by Gasteiger charge is 2.28. The minimum atomic E-state index is -0.285. The average Bonchev–Trinajstić information content (AvgIpc) is 2.27. The summed E-state index contributed by atoms with van der Waals surface area (Å²) < 4.78 is 10.1. The second kappa shape index (κ2) is 4.52. The zero-order valence-electron chi connectivity index (χ0n) is 8.63. The van der Waals surface area contributed by atoms with E-state index < -0.39 is 0 Å². The number of carbonyl (C=O) groups is 1. The molecule has 1 atom stereocenters. The molecule has 1 aromatic carbocycles. The number of esters is 1. The molecule has 0 aliphatic carbocycles. The van der Waals surface area contributed by atoms with Crippen LogP contribution in [0.1, 0.15) is 5.56 Å². The van der Waals surface area contributed by atoms with Gasteiger partial charge in [-0.2, -0.15) is 0 Å². The smallest absolute Gasteiger partial charge is 0.312 e. The molecular formula is C11H10Cl2O3. The number of ether oxygens (including phenoxy) is 2. The second-order valence-corrected chi connectivity index (χ2v) is 4.45. The average molecular weight is 261 g/mol. The molecule has 16 heavy (non-hydrogen) atoms. The summed E-state index contributed by atoms with van der Waals surface area (Å²) >= 11 is 11.9. The van der Waals surface area contributed by atoms with Gasteiger partial charge in [0.2, 0.25) is 0 Å². The van der Waals surface area contributed by atoms with Crippen molar-refractivity contribution in [2.24, 2.45) is 5.92 Å². The molecule has 3 nitrogen and oxygen atoms in total. The Labute approximate surface area is 103 Å². The monoisotopic (exact) mass is 260 g/mol. The van der Waals surface area contributed by atoms with Crippen LogP contribution in [0.2, 0.25) is 10.0 Å². The van der Waals surface area contributed by atoms with Gasteiger partial charge < -0.3 is 9.47 Å². The van der Waals surface area contributed by atoms with Crippen molar-refractivity contribution in [1.29, 1.82) is 0 Å². The van der Waals surface area contributed by atoms with E-state index in [9.17, 15) is 4.79 Å². The maximum atomic E-state index is 11.4. The van der Waals surface area contributed by atoms with Crippen molar-refractivity contribution >= 4 is 29.2 Å². The second-order valence-electron chi connectivity index (χ2n) is 3.61. The number of benzene rings is 1. The molecule has 1 aliphatic rings. The normalized spacial score (nSPS) is 18.6. The Kier molecular flexibility index (Phi) is 3.26. The zero-order chi connectivity index (χ0) is 11.7. The van der Waals surface area contributed by atoms with Gasteiger partial charge in [-0.25, -0.2) is 0 Å². The van der Waals surface area contributed by atoms with Crippen LogP contribution in [0.15, 0.2) is 12.1 Å². The minimum Gasteiger partial charge on any atom is -0.491 e. The van der Waals surface area contributed by atoms with Gasteiger partial charge in [0.25, 0.3) is 0 Å². The molecule has 1 unspecified atom stereocenters. The molecule has 1 heterocycles. The highest BCUT2D eigenvalue weighted by atomic mass is 35.5. The molecule has 0 radical (unpaired) electrons. The summed E-state index contributed by atoms with van der Waals surface area (Å²) in [6.45, 7) is 0.293. The highest BCUT2D eigenvalue weighted by Crippen LogP contribution is 2.36. The molecule has 0 fully saturated rings. The van der Waals surface area contributed by atoms with Gasteiger partial charge in [-0.1, -0.05) is 23.2 Å². The van der Waals surface area contributed by atoms with E-state index in [4.69, 9.17) is 27.9 Å². The van der Waals surface area contributed by atoms with E-state index in [-0.39, 0.29) is 11.9 Å². The van der Waals surface area contributed by atoms with E-state index in [0.29, 0.717) is 28.8 Å². The number of halogens is 2. The molecule has 0 spiro atoms. The summed E-state index contributed by atoms with van der Waals surface area (Å²) in [6, 6.07) is 3.39. The maximum Gasteiger partial charge on any atom is 0.312 e. The molecular weight excluding hydrogens is 251 g/mol. The molecule has 1 aromatic rings. The molecule has 0 saturated heterocycles. The van der Waals surface area contributed by atoms with Crippen molar-refractivity contribution in [2.75, 3.05) is 13.7 Å². The molecule has 0 bridgehead atoms. The third kappa shape index (κ3) is 2.11. The Morgan fingerprint density at radius 1 is 1.50 bits per heavy atom. The van der Waals surface area contributed by atoms with Gasteiger partial charge in [-0.3, -0.25) is 4.79 Å². The van der Waals surface area contributed by atoms with E-state index in [1.807, 2.05) is 0 Å². The van der Waals surface area contributed by atoms with E-state index in [1.165, 1.54) is 7.11 Å². The maximum absolute atomic E-state index is 11.4. The standard InChI is InChI=1S/C11H10Cl2O3/c1-15-11(14)7-2-6-3-8(12)4-9(13)10(6)16-5-7/h3-4,7H,2,5H2,1H3. The lowest BCUT2D eigenvalue weighted by Gasteiger charge is -2.24. The number of carbonyl (C=O) groups excluding carboxylic acids is 1. The van der Waals surface area contributed by atoms with Crippen LogP contribution in [0.3, 0.4) is 0 Å². The Bertz CT molecular complexity index is 431. The third-order valence-corrected chi connectivity index (χ3v) is 3.01. The number of hydrogen-bond acceptors (Lipinski definition) is 3. The van der Waals surface area contributed by atoms with Crippen LogP contribution in [0.4, 0.5) is 0 Å². The van der Waals surface area contributed by atoms with Crippen molar-refractivity contribution in [3.63, 3.8) is 0 Å². The predicted molar refractivity (Wildman–Crippen MR) is 61.2 cm³/mol. The summed E-state index contributed by atoms with van der Waals surface area (Å²) in [6.07, 6.45) is 0.544. The molecule has 5 heteroatoms. The van der Waals surface area contributed by atoms with Crippen molar-refractivity contribution < 1.29 is 14.3 Å². The first-order chi connectivity index (χ1) is 7.61. The molecule has 0 amide bonds. The Hall–Kier alpha value is -0.930. The van der Waals surface area contributed by atoms with E-state index in [1.54, 1.807) is 12.1 Å². The lowest BCUT2D eigenvalue weighted by Crippen LogP contribution is -2.29. The van der Waals surface area contributed by atoms with Crippen LogP contribution in [-0.2, 0) is 16.0 Å². The fourth-order valence-electron chi connectivity index (χ4n) is 1.75. The summed E-state index contributed by atoms with van der Waals surface area (Å²) in [4.78, 5) is 11.4. The van der Waals surface area contributed by atoms with E-state index >= 15 is 0 Å². The fraction of sp³-hybridized carbons (Fsp3) is 0.364. The van der Waals surface area contributed by atoms with Crippen molar-refractivity contribution in [2.45, 2.75) is 6.42 Å². The van der Waals surface area contributed by atoms with Gasteiger partial charge in [0, 0.05) is 5.02 Å². The number of fused-ring (bicyclic) bond motifs is 1. The van der Waals surface area contributed by atoms with Crippen LogP contribution in [0.5, 0.6) is 5.75 Å². The predicted octanol–water partition coefficient (Wildman–Crippen LogP) is 2.72. The van der Waals surface area contributed by atoms with Crippen LogP contribution < -0.4 is 4.74 Å². The van der Waals surface area contributed by atoms with Crippen LogP contribution in [0.25, 0.3) is 0 Å². The van der Waals surface area contributed by atoms with Gasteiger partial charge >= 0.3 is 5.97 Å². The third-order valence-electron chi connectivity index (χ3n) is 2.51. The number of methoxy groups -OCH3 is 1.